The molecule has 4 heteroatoms. The molecule has 0 aliphatic rings. The van der Waals surface area contributed by atoms with Crippen LogP contribution in [0.15, 0.2) is 33.2 Å². The zero-order valence-corrected chi connectivity index (χ0v) is 13.6. The Morgan fingerprint density at radius 3 is 2.79 bits per heavy atom. The first-order chi connectivity index (χ1) is 9.02. The third-order valence-electron chi connectivity index (χ3n) is 3.08. The number of furan rings is 1. The Morgan fingerprint density at radius 2 is 2.11 bits per heavy atom. The number of halogens is 2. The molecule has 19 heavy (non-hydrogen) atoms. The average molecular weight is 343 g/mol. The second-order valence-electron chi connectivity index (χ2n) is 4.56. The van der Waals surface area contributed by atoms with Gasteiger partial charge < -0.3 is 9.73 Å². The van der Waals surface area contributed by atoms with Gasteiger partial charge >= 0.3 is 0 Å². The highest BCUT2D eigenvalue weighted by Crippen LogP contribution is 2.34. The molecule has 2 rings (SSSR count). The fraction of sp³-hybridized carbons (Fsp3) is 0.333. The zero-order valence-electron chi connectivity index (χ0n) is 11.3. The third kappa shape index (κ3) is 3.22. The molecule has 1 aromatic carbocycles. The van der Waals surface area contributed by atoms with Gasteiger partial charge in [0.15, 0.2) is 0 Å². The standard InChI is InChI=1S/C15H17BrClNO/c1-4-18-10(3)14-5-6-15(19-14)11-8-13(17)9(2)7-12(11)16/h5-8,10,18H,4H2,1-3H3. The van der Waals surface area contributed by atoms with E-state index in [0.29, 0.717) is 0 Å². The molecule has 2 nitrogen and oxygen atoms in total. The summed E-state index contributed by atoms with van der Waals surface area (Å²) in [6, 6.07) is 8.13. The Kier molecular flexibility index (Phi) is 4.71. The van der Waals surface area contributed by atoms with E-state index in [1.54, 1.807) is 0 Å². The monoisotopic (exact) mass is 341 g/mol. The van der Waals surface area contributed by atoms with E-state index in [9.17, 15) is 0 Å². The number of aryl methyl sites for hydroxylation is 1. The lowest BCUT2D eigenvalue weighted by Crippen LogP contribution is -2.16. The second-order valence-corrected chi connectivity index (χ2v) is 5.82. The van der Waals surface area contributed by atoms with Gasteiger partial charge in [0.1, 0.15) is 11.5 Å². The van der Waals surface area contributed by atoms with Crippen LogP contribution in [0.3, 0.4) is 0 Å². The SMILES string of the molecule is CCNC(C)c1ccc(-c2cc(Cl)c(C)cc2Br)o1. The van der Waals surface area contributed by atoms with Crippen molar-refractivity contribution in [3.05, 3.63) is 45.1 Å². The Hall–Kier alpha value is -0.770. The fourth-order valence-corrected chi connectivity index (χ4v) is 2.79. The van der Waals surface area contributed by atoms with Gasteiger partial charge in [-0.3, -0.25) is 0 Å². The van der Waals surface area contributed by atoms with Crippen molar-refractivity contribution in [3.8, 4) is 11.3 Å². The van der Waals surface area contributed by atoms with E-state index in [1.165, 1.54) is 0 Å². The molecule has 102 valence electrons. The Balaban J connectivity index is 2.35. The molecule has 0 fully saturated rings. The van der Waals surface area contributed by atoms with Crippen LogP contribution >= 0.6 is 27.5 Å². The lowest BCUT2D eigenvalue weighted by molar-refractivity contribution is 0.445. The van der Waals surface area contributed by atoms with Crippen LogP contribution in [-0.4, -0.2) is 6.54 Å². The summed E-state index contributed by atoms with van der Waals surface area (Å²) in [7, 11) is 0. The third-order valence-corrected chi connectivity index (χ3v) is 4.14. The molecule has 0 aliphatic carbocycles. The van der Waals surface area contributed by atoms with Crippen LogP contribution < -0.4 is 5.32 Å². The number of rotatable bonds is 4. The molecule has 1 heterocycles. The smallest absolute Gasteiger partial charge is 0.135 e. The summed E-state index contributed by atoms with van der Waals surface area (Å²) in [5.74, 6) is 1.76. The maximum Gasteiger partial charge on any atom is 0.135 e. The fourth-order valence-electron chi connectivity index (χ4n) is 1.97. The molecule has 1 N–H and O–H groups in total. The average Bonchev–Trinajstić information content (AvgIpc) is 2.83. The summed E-state index contributed by atoms with van der Waals surface area (Å²) in [6.45, 7) is 7.06. The Bertz CT molecular complexity index is 580. The van der Waals surface area contributed by atoms with Crippen molar-refractivity contribution in [1.82, 2.24) is 5.32 Å². The predicted molar refractivity (Wildman–Crippen MR) is 83.7 cm³/mol. The first kappa shape index (κ1) is 14.6. The van der Waals surface area contributed by atoms with Crippen molar-refractivity contribution in [3.63, 3.8) is 0 Å². The molecular weight excluding hydrogens is 326 g/mol. The van der Waals surface area contributed by atoms with E-state index in [4.69, 9.17) is 16.0 Å². The van der Waals surface area contributed by atoms with Gasteiger partial charge in [-0.1, -0.05) is 34.5 Å². The quantitative estimate of drug-likeness (QED) is 0.811. The van der Waals surface area contributed by atoms with Gasteiger partial charge in [0, 0.05) is 15.1 Å². The van der Waals surface area contributed by atoms with Crippen LogP contribution in [0.1, 0.15) is 31.2 Å². The van der Waals surface area contributed by atoms with Crippen LogP contribution in [0.4, 0.5) is 0 Å². The van der Waals surface area contributed by atoms with E-state index in [0.717, 1.165) is 38.7 Å². The lowest BCUT2D eigenvalue weighted by atomic mass is 10.1. The van der Waals surface area contributed by atoms with Crippen LogP contribution in [0.5, 0.6) is 0 Å². The van der Waals surface area contributed by atoms with Crippen LogP contribution in [0.2, 0.25) is 5.02 Å². The first-order valence-electron chi connectivity index (χ1n) is 6.32. The van der Waals surface area contributed by atoms with Gasteiger partial charge in [0.05, 0.1) is 6.04 Å². The van der Waals surface area contributed by atoms with Gasteiger partial charge in [-0.15, -0.1) is 0 Å². The highest BCUT2D eigenvalue weighted by Gasteiger charge is 2.13. The van der Waals surface area contributed by atoms with Crippen molar-refractivity contribution >= 4 is 27.5 Å². The highest BCUT2D eigenvalue weighted by atomic mass is 79.9. The predicted octanol–water partition coefficient (Wildman–Crippen LogP) is 5.34. The molecular formula is C15H17BrClNO. The summed E-state index contributed by atoms with van der Waals surface area (Å²) in [6.07, 6.45) is 0. The zero-order chi connectivity index (χ0) is 14.0. The first-order valence-corrected chi connectivity index (χ1v) is 7.49. The molecule has 2 aromatic rings. The van der Waals surface area contributed by atoms with E-state index < -0.39 is 0 Å². The van der Waals surface area contributed by atoms with E-state index >= 15 is 0 Å². The molecule has 0 amide bonds. The maximum atomic E-state index is 6.18. The minimum atomic E-state index is 0.207. The normalized spacial score (nSPS) is 12.7. The summed E-state index contributed by atoms with van der Waals surface area (Å²) in [5, 5.41) is 4.08. The van der Waals surface area contributed by atoms with E-state index in [1.807, 2.05) is 31.2 Å². The largest absolute Gasteiger partial charge is 0.459 e. The van der Waals surface area contributed by atoms with Crippen molar-refractivity contribution in [2.45, 2.75) is 26.8 Å². The van der Waals surface area contributed by atoms with Crippen molar-refractivity contribution in [1.29, 1.82) is 0 Å². The summed E-state index contributed by atoms with van der Waals surface area (Å²) in [4.78, 5) is 0. The molecule has 0 bridgehead atoms. The van der Waals surface area contributed by atoms with Crippen LogP contribution in [0, 0.1) is 6.92 Å². The number of benzene rings is 1. The molecule has 0 aliphatic heterocycles. The number of nitrogens with one attached hydrogen (secondary N) is 1. The van der Waals surface area contributed by atoms with Gasteiger partial charge in [-0.05, 0) is 50.2 Å². The molecule has 0 saturated heterocycles. The summed E-state index contributed by atoms with van der Waals surface area (Å²) in [5.41, 5.74) is 2.02. The van der Waals surface area contributed by atoms with Crippen molar-refractivity contribution in [2.24, 2.45) is 0 Å². The topological polar surface area (TPSA) is 25.2 Å². The molecule has 1 atom stereocenters. The van der Waals surface area contributed by atoms with Crippen molar-refractivity contribution in [2.75, 3.05) is 6.54 Å². The minimum Gasteiger partial charge on any atom is -0.459 e. The molecule has 0 saturated carbocycles. The highest BCUT2D eigenvalue weighted by molar-refractivity contribution is 9.10. The Morgan fingerprint density at radius 1 is 1.37 bits per heavy atom. The molecule has 0 spiro atoms. The summed E-state index contributed by atoms with van der Waals surface area (Å²) < 4.78 is 6.90. The van der Waals surface area contributed by atoms with Crippen LogP contribution in [-0.2, 0) is 0 Å². The molecule has 0 radical (unpaired) electrons. The van der Waals surface area contributed by atoms with Gasteiger partial charge in [0.25, 0.3) is 0 Å². The molecule has 1 unspecified atom stereocenters. The van der Waals surface area contributed by atoms with Crippen LogP contribution in [0.25, 0.3) is 11.3 Å². The molecule has 1 aromatic heterocycles. The number of hydrogen-bond donors (Lipinski definition) is 1. The number of hydrogen-bond acceptors (Lipinski definition) is 2. The summed E-state index contributed by atoms with van der Waals surface area (Å²) >= 11 is 9.74. The van der Waals surface area contributed by atoms with Crippen molar-refractivity contribution < 1.29 is 4.42 Å². The van der Waals surface area contributed by atoms with Gasteiger partial charge in [0.2, 0.25) is 0 Å². The maximum absolute atomic E-state index is 6.18. The minimum absolute atomic E-state index is 0.207. The second kappa shape index (κ2) is 6.12. The van der Waals surface area contributed by atoms with Gasteiger partial charge in [-0.2, -0.15) is 0 Å². The Labute approximate surface area is 127 Å². The lowest BCUT2D eigenvalue weighted by Gasteiger charge is -2.09. The van der Waals surface area contributed by atoms with E-state index in [2.05, 4.69) is 35.1 Å². The van der Waals surface area contributed by atoms with E-state index in [-0.39, 0.29) is 6.04 Å². The van der Waals surface area contributed by atoms with Gasteiger partial charge in [-0.25, -0.2) is 0 Å².